The van der Waals surface area contributed by atoms with Crippen LogP contribution in [0.4, 0.5) is 0 Å². The molecule has 0 radical (unpaired) electrons. The van der Waals surface area contributed by atoms with E-state index in [4.69, 9.17) is 4.42 Å². The molecule has 0 aliphatic heterocycles. The second kappa shape index (κ2) is 6.44. The molecule has 0 unspecified atom stereocenters. The van der Waals surface area contributed by atoms with Crippen molar-refractivity contribution in [2.75, 3.05) is 5.75 Å². The number of hydrogen-bond donors (Lipinski definition) is 1. The van der Waals surface area contributed by atoms with Crippen molar-refractivity contribution in [3.8, 4) is 0 Å². The van der Waals surface area contributed by atoms with Crippen LogP contribution >= 0.6 is 11.8 Å². The van der Waals surface area contributed by atoms with Gasteiger partial charge in [-0.25, -0.2) is 0 Å². The number of carbonyl (C=O) groups excluding carboxylic acids is 1. The first-order chi connectivity index (χ1) is 10.6. The van der Waals surface area contributed by atoms with Crippen LogP contribution in [-0.2, 0) is 10.5 Å². The zero-order chi connectivity index (χ0) is 15.5. The molecule has 4 heteroatoms. The molecule has 1 heterocycles. The highest BCUT2D eigenvalue weighted by Crippen LogP contribution is 2.29. The molecule has 0 aliphatic rings. The van der Waals surface area contributed by atoms with Crippen LogP contribution in [0.15, 0.2) is 46.9 Å². The average molecular weight is 313 g/mol. The third kappa shape index (κ3) is 3.28. The predicted molar refractivity (Wildman–Crippen MR) is 93.2 cm³/mol. The number of amides is 1. The molecule has 2 aromatic carbocycles. The maximum absolute atomic E-state index is 11.6. The molecule has 0 spiro atoms. The van der Waals surface area contributed by atoms with Crippen molar-refractivity contribution in [3.63, 3.8) is 0 Å². The lowest BCUT2D eigenvalue weighted by Gasteiger charge is -2.07. The number of para-hydroxylation sites is 1. The Morgan fingerprint density at radius 2 is 1.91 bits per heavy atom. The Kier molecular flexibility index (Phi) is 4.39. The Morgan fingerprint density at radius 3 is 2.73 bits per heavy atom. The molecule has 22 heavy (non-hydrogen) atoms. The molecular weight excluding hydrogens is 294 g/mol. The zero-order valence-electron chi connectivity index (χ0n) is 12.8. The van der Waals surface area contributed by atoms with Crippen LogP contribution in [0, 0.1) is 0 Å². The number of fused-ring (bicyclic) bond motifs is 3. The van der Waals surface area contributed by atoms with E-state index in [-0.39, 0.29) is 11.9 Å². The first-order valence-electron chi connectivity index (χ1n) is 7.41. The Hall–Kier alpha value is -1.94. The number of rotatable bonds is 5. The quantitative estimate of drug-likeness (QED) is 0.761. The molecule has 3 aromatic rings. The lowest BCUT2D eigenvalue weighted by atomic mass is 10.1. The van der Waals surface area contributed by atoms with Crippen molar-refractivity contribution in [1.29, 1.82) is 0 Å². The van der Waals surface area contributed by atoms with Gasteiger partial charge in [-0.2, -0.15) is 0 Å². The number of thioether (sulfide) groups is 1. The zero-order valence-corrected chi connectivity index (χ0v) is 13.6. The van der Waals surface area contributed by atoms with Gasteiger partial charge in [0.25, 0.3) is 0 Å². The van der Waals surface area contributed by atoms with Gasteiger partial charge in [0.05, 0.1) is 5.75 Å². The summed E-state index contributed by atoms with van der Waals surface area (Å²) in [4.78, 5) is 11.6. The Bertz CT molecular complexity index is 807. The van der Waals surface area contributed by atoms with Crippen LogP contribution in [0.1, 0.15) is 19.4 Å². The molecule has 0 bridgehead atoms. The molecule has 0 saturated heterocycles. The van der Waals surface area contributed by atoms with Crippen molar-refractivity contribution >= 4 is 39.6 Å². The van der Waals surface area contributed by atoms with Gasteiger partial charge >= 0.3 is 0 Å². The summed E-state index contributed by atoms with van der Waals surface area (Å²) in [7, 11) is 0. The van der Waals surface area contributed by atoms with E-state index in [1.54, 1.807) is 11.8 Å². The number of furan rings is 1. The van der Waals surface area contributed by atoms with Gasteiger partial charge in [0.1, 0.15) is 11.2 Å². The number of benzene rings is 2. The maximum Gasteiger partial charge on any atom is 0.230 e. The van der Waals surface area contributed by atoms with Crippen molar-refractivity contribution in [1.82, 2.24) is 5.32 Å². The minimum atomic E-state index is 0.0924. The standard InChI is InChI=1S/C18H19NO2S/c1-12(2)19-18(20)11-22-10-13-7-8-17-15(9-13)14-5-3-4-6-16(14)21-17/h3-9,12H,10-11H2,1-2H3,(H,19,20). The third-order valence-electron chi connectivity index (χ3n) is 3.39. The Labute approximate surface area is 134 Å². The van der Waals surface area contributed by atoms with Crippen molar-refractivity contribution < 1.29 is 9.21 Å². The summed E-state index contributed by atoms with van der Waals surface area (Å²) >= 11 is 1.63. The summed E-state index contributed by atoms with van der Waals surface area (Å²) < 4.78 is 5.82. The summed E-state index contributed by atoms with van der Waals surface area (Å²) in [5.74, 6) is 1.40. The Morgan fingerprint density at radius 1 is 1.14 bits per heavy atom. The van der Waals surface area contributed by atoms with Crippen LogP contribution in [0.2, 0.25) is 0 Å². The van der Waals surface area contributed by atoms with Gasteiger partial charge in [0, 0.05) is 22.6 Å². The highest BCUT2D eigenvalue weighted by atomic mass is 32.2. The van der Waals surface area contributed by atoms with E-state index in [0.717, 1.165) is 27.7 Å². The second-order valence-electron chi connectivity index (χ2n) is 5.64. The van der Waals surface area contributed by atoms with E-state index in [9.17, 15) is 4.79 Å². The summed E-state index contributed by atoms with van der Waals surface area (Å²) in [5, 5.41) is 5.18. The topological polar surface area (TPSA) is 42.2 Å². The molecule has 0 saturated carbocycles. The van der Waals surface area contributed by atoms with Gasteiger partial charge in [-0.3, -0.25) is 4.79 Å². The molecule has 0 aliphatic carbocycles. The van der Waals surface area contributed by atoms with Crippen molar-refractivity contribution in [3.05, 3.63) is 48.0 Å². The molecular formula is C18H19NO2S. The second-order valence-corrected chi connectivity index (χ2v) is 6.63. The molecule has 1 aromatic heterocycles. The fourth-order valence-corrected chi connectivity index (χ4v) is 3.27. The Balaban J connectivity index is 1.72. The lowest BCUT2D eigenvalue weighted by Crippen LogP contribution is -2.31. The van der Waals surface area contributed by atoms with Gasteiger partial charge in [0.15, 0.2) is 0 Å². The van der Waals surface area contributed by atoms with Crippen LogP contribution < -0.4 is 5.32 Å². The molecule has 3 nitrogen and oxygen atoms in total. The van der Waals surface area contributed by atoms with E-state index in [0.29, 0.717) is 5.75 Å². The maximum atomic E-state index is 11.6. The van der Waals surface area contributed by atoms with Gasteiger partial charge in [-0.15, -0.1) is 11.8 Å². The van der Waals surface area contributed by atoms with E-state index in [1.807, 2.05) is 38.1 Å². The monoisotopic (exact) mass is 313 g/mol. The van der Waals surface area contributed by atoms with Gasteiger partial charge in [-0.1, -0.05) is 24.3 Å². The van der Waals surface area contributed by atoms with Gasteiger partial charge < -0.3 is 9.73 Å². The summed E-state index contributed by atoms with van der Waals surface area (Å²) in [6, 6.07) is 14.5. The van der Waals surface area contributed by atoms with Gasteiger partial charge in [0.2, 0.25) is 5.91 Å². The van der Waals surface area contributed by atoms with Crippen LogP contribution in [0.25, 0.3) is 21.9 Å². The fraction of sp³-hybridized carbons (Fsp3) is 0.278. The van der Waals surface area contributed by atoms with E-state index in [1.165, 1.54) is 5.56 Å². The summed E-state index contributed by atoms with van der Waals surface area (Å²) in [5.41, 5.74) is 3.03. The fourth-order valence-electron chi connectivity index (χ4n) is 2.49. The number of hydrogen-bond acceptors (Lipinski definition) is 3. The van der Waals surface area contributed by atoms with Crippen molar-refractivity contribution in [2.45, 2.75) is 25.6 Å². The minimum absolute atomic E-state index is 0.0924. The average Bonchev–Trinajstić information content (AvgIpc) is 2.84. The highest BCUT2D eigenvalue weighted by Gasteiger charge is 2.08. The predicted octanol–water partition coefficient (Wildman–Crippen LogP) is 4.34. The third-order valence-corrected chi connectivity index (χ3v) is 4.40. The normalized spacial score (nSPS) is 11.4. The first-order valence-corrected chi connectivity index (χ1v) is 8.56. The summed E-state index contributed by atoms with van der Waals surface area (Å²) in [6.07, 6.45) is 0. The molecule has 0 fully saturated rings. The number of nitrogens with one attached hydrogen (secondary N) is 1. The smallest absolute Gasteiger partial charge is 0.230 e. The highest BCUT2D eigenvalue weighted by molar-refractivity contribution is 7.99. The van der Waals surface area contributed by atoms with Crippen molar-refractivity contribution in [2.24, 2.45) is 0 Å². The van der Waals surface area contributed by atoms with Crippen LogP contribution in [0.3, 0.4) is 0 Å². The molecule has 3 rings (SSSR count). The van der Waals surface area contributed by atoms with E-state index in [2.05, 4.69) is 23.5 Å². The van der Waals surface area contributed by atoms with Gasteiger partial charge in [-0.05, 0) is 37.6 Å². The first kappa shape index (κ1) is 15.0. The van der Waals surface area contributed by atoms with Crippen LogP contribution in [-0.4, -0.2) is 17.7 Å². The molecule has 114 valence electrons. The molecule has 1 amide bonds. The van der Waals surface area contributed by atoms with E-state index >= 15 is 0 Å². The largest absolute Gasteiger partial charge is 0.456 e. The van der Waals surface area contributed by atoms with E-state index < -0.39 is 0 Å². The number of carbonyl (C=O) groups is 1. The molecule has 0 atom stereocenters. The minimum Gasteiger partial charge on any atom is -0.456 e. The summed E-state index contributed by atoms with van der Waals surface area (Å²) in [6.45, 7) is 3.95. The van der Waals surface area contributed by atoms with Crippen LogP contribution in [0.5, 0.6) is 0 Å². The lowest BCUT2D eigenvalue weighted by molar-refractivity contribution is -0.119. The molecule has 1 N–H and O–H groups in total. The SMILES string of the molecule is CC(C)NC(=O)CSCc1ccc2oc3ccccc3c2c1.